The standard InChI is InChI=1S/C14H17N3O2/c1-10-3-5-12(6-4-10)17(2)8-13-7-11(9-19-13)14(18)16-15/h3-7,9H,8,15H2,1-2H3,(H,16,18). The number of carbonyl (C=O) groups is 1. The second-order valence-corrected chi connectivity index (χ2v) is 4.47. The van der Waals surface area contributed by atoms with E-state index in [1.807, 2.05) is 31.0 Å². The number of hydrogen-bond acceptors (Lipinski definition) is 4. The third-order valence-electron chi connectivity index (χ3n) is 2.91. The molecule has 0 unspecified atom stereocenters. The van der Waals surface area contributed by atoms with Crippen molar-refractivity contribution >= 4 is 11.6 Å². The van der Waals surface area contributed by atoms with Crippen LogP contribution < -0.4 is 16.2 Å². The third kappa shape index (κ3) is 3.14. The van der Waals surface area contributed by atoms with Crippen molar-refractivity contribution in [1.82, 2.24) is 5.43 Å². The largest absolute Gasteiger partial charge is 0.467 e. The zero-order valence-corrected chi connectivity index (χ0v) is 11.0. The zero-order valence-electron chi connectivity index (χ0n) is 11.0. The Morgan fingerprint density at radius 2 is 2.05 bits per heavy atom. The molecule has 1 aromatic carbocycles. The maximum Gasteiger partial charge on any atom is 0.268 e. The summed E-state index contributed by atoms with van der Waals surface area (Å²) in [5.41, 5.74) is 4.81. The number of amides is 1. The highest BCUT2D eigenvalue weighted by atomic mass is 16.3. The first-order valence-corrected chi connectivity index (χ1v) is 5.96. The van der Waals surface area contributed by atoms with Crippen LogP contribution >= 0.6 is 0 Å². The Kier molecular flexibility index (Phi) is 3.87. The third-order valence-corrected chi connectivity index (χ3v) is 2.91. The lowest BCUT2D eigenvalue weighted by Crippen LogP contribution is -2.29. The Labute approximate surface area is 112 Å². The van der Waals surface area contributed by atoms with Crippen LogP contribution in [-0.4, -0.2) is 13.0 Å². The van der Waals surface area contributed by atoms with Crippen molar-refractivity contribution in [2.75, 3.05) is 11.9 Å². The molecule has 1 amide bonds. The van der Waals surface area contributed by atoms with Crippen molar-refractivity contribution in [3.05, 3.63) is 53.5 Å². The predicted octanol–water partition coefficient (Wildman–Crippen LogP) is 1.83. The number of rotatable bonds is 4. The fourth-order valence-electron chi connectivity index (χ4n) is 1.79. The second-order valence-electron chi connectivity index (χ2n) is 4.47. The van der Waals surface area contributed by atoms with Crippen LogP contribution in [0.3, 0.4) is 0 Å². The molecule has 3 N–H and O–H groups in total. The Morgan fingerprint density at radius 1 is 1.37 bits per heavy atom. The van der Waals surface area contributed by atoms with E-state index in [2.05, 4.69) is 17.6 Å². The van der Waals surface area contributed by atoms with Crippen LogP contribution in [0.15, 0.2) is 41.0 Å². The van der Waals surface area contributed by atoms with Crippen molar-refractivity contribution in [3.8, 4) is 0 Å². The molecule has 1 heterocycles. The summed E-state index contributed by atoms with van der Waals surface area (Å²) in [4.78, 5) is 13.4. The number of furan rings is 1. The predicted molar refractivity (Wildman–Crippen MR) is 73.6 cm³/mol. The van der Waals surface area contributed by atoms with E-state index in [-0.39, 0.29) is 5.91 Å². The quantitative estimate of drug-likeness (QED) is 0.499. The Balaban J connectivity index is 2.06. The minimum Gasteiger partial charge on any atom is -0.467 e. The summed E-state index contributed by atoms with van der Waals surface area (Å²) < 4.78 is 5.35. The Hall–Kier alpha value is -2.27. The van der Waals surface area contributed by atoms with Crippen LogP contribution in [0, 0.1) is 6.92 Å². The van der Waals surface area contributed by atoms with E-state index in [1.165, 1.54) is 11.8 Å². The normalized spacial score (nSPS) is 10.3. The lowest BCUT2D eigenvalue weighted by Gasteiger charge is -2.17. The van der Waals surface area contributed by atoms with Gasteiger partial charge < -0.3 is 9.32 Å². The number of nitrogens with two attached hydrogens (primary N) is 1. The van der Waals surface area contributed by atoms with Crippen LogP contribution in [0.4, 0.5) is 5.69 Å². The fraction of sp³-hybridized carbons (Fsp3) is 0.214. The molecule has 0 radical (unpaired) electrons. The van der Waals surface area contributed by atoms with E-state index in [0.29, 0.717) is 17.9 Å². The summed E-state index contributed by atoms with van der Waals surface area (Å²) in [5.74, 6) is 5.42. The van der Waals surface area contributed by atoms with Gasteiger partial charge in [0.25, 0.3) is 5.91 Å². The van der Waals surface area contributed by atoms with Gasteiger partial charge in [-0.1, -0.05) is 17.7 Å². The van der Waals surface area contributed by atoms with Crippen molar-refractivity contribution < 1.29 is 9.21 Å². The van der Waals surface area contributed by atoms with Gasteiger partial charge in [0.05, 0.1) is 12.1 Å². The Morgan fingerprint density at radius 3 is 2.68 bits per heavy atom. The number of nitrogens with one attached hydrogen (secondary N) is 1. The molecule has 1 aromatic heterocycles. The highest BCUT2D eigenvalue weighted by molar-refractivity contribution is 5.93. The van der Waals surface area contributed by atoms with Gasteiger partial charge in [0.1, 0.15) is 12.0 Å². The summed E-state index contributed by atoms with van der Waals surface area (Å²) in [7, 11) is 1.97. The number of hydrazine groups is 1. The fourth-order valence-corrected chi connectivity index (χ4v) is 1.79. The van der Waals surface area contributed by atoms with Gasteiger partial charge in [-0.15, -0.1) is 0 Å². The molecule has 0 saturated carbocycles. The number of hydrogen-bond donors (Lipinski definition) is 2. The topological polar surface area (TPSA) is 71.5 Å². The lowest BCUT2D eigenvalue weighted by atomic mass is 10.2. The van der Waals surface area contributed by atoms with Gasteiger partial charge in [-0.2, -0.15) is 0 Å². The zero-order chi connectivity index (χ0) is 13.8. The molecule has 5 nitrogen and oxygen atoms in total. The van der Waals surface area contributed by atoms with Crippen LogP contribution in [0.25, 0.3) is 0 Å². The maximum atomic E-state index is 11.3. The average molecular weight is 259 g/mol. The molecule has 0 atom stereocenters. The molecule has 0 fully saturated rings. The summed E-state index contributed by atoms with van der Waals surface area (Å²) in [6, 6.07) is 9.90. The SMILES string of the molecule is Cc1ccc(N(C)Cc2cc(C(=O)NN)co2)cc1. The number of benzene rings is 1. The average Bonchev–Trinajstić information content (AvgIpc) is 2.87. The molecular weight excluding hydrogens is 242 g/mol. The van der Waals surface area contributed by atoms with Crippen LogP contribution in [0.2, 0.25) is 0 Å². The molecule has 2 aromatic rings. The maximum absolute atomic E-state index is 11.3. The summed E-state index contributed by atoms with van der Waals surface area (Å²) in [6.07, 6.45) is 1.40. The van der Waals surface area contributed by atoms with Gasteiger partial charge in [-0.25, -0.2) is 5.84 Å². The van der Waals surface area contributed by atoms with E-state index in [9.17, 15) is 4.79 Å². The number of nitrogens with zero attached hydrogens (tertiary/aromatic N) is 1. The number of carbonyl (C=O) groups excluding carboxylic acids is 1. The number of nitrogen functional groups attached to an aromatic ring is 1. The van der Waals surface area contributed by atoms with Gasteiger partial charge in [0, 0.05) is 12.7 Å². The van der Waals surface area contributed by atoms with E-state index < -0.39 is 0 Å². The van der Waals surface area contributed by atoms with Gasteiger partial charge in [-0.3, -0.25) is 10.2 Å². The number of anilines is 1. The molecule has 0 aliphatic rings. The molecule has 100 valence electrons. The van der Waals surface area contributed by atoms with E-state index in [0.717, 1.165) is 5.69 Å². The van der Waals surface area contributed by atoms with Crippen LogP contribution in [0.5, 0.6) is 0 Å². The van der Waals surface area contributed by atoms with E-state index in [1.54, 1.807) is 6.07 Å². The molecule has 0 bridgehead atoms. The highest BCUT2D eigenvalue weighted by Crippen LogP contribution is 2.17. The Bertz CT molecular complexity index is 560. The first kappa shape index (κ1) is 13.2. The van der Waals surface area contributed by atoms with Crippen molar-refractivity contribution in [3.63, 3.8) is 0 Å². The van der Waals surface area contributed by atoms with Gasteiger partial charge in [0.15, 0.2) is 0 Å². The molecule has 0 saturated heterocycles. The smallest absolute Gasteiger partial charge is 0.268 e. The van der Waals surface area contributed by atoms with Crippen molar-refractivity contribution in [2.45, 2.75) is 13.5 Å². The molecule has 0 aliphatic carbocycles. The highest BCUT2D eigenvalue weighted by Gasteiger charge is 2.10. The molecule has 0 aliphatic heterocycles. The van der Waals surface area contributed by atoms with Crippen LogP contribution in [0.1, 0.15) is 21.7 Å². The first-order valence-electron chi connectivity index (χ1n) is 5.96. The molecular formula is C14H17N3O2. The molecule has 5 heteroatoms. The molecule has 19 heavy (non-hydrogen) atoms. The number of aryl methyl sites for hydroxylation is 1. The van der Waals surface area contributed by atoms with Gasteiger partial charge >= 0.3 is 0 Å². The summed E-state index contributed by atoms with van der Waals surface area (Å²) in [6.45, 7) is 2.63. The van der Waals surface area contributed by atoms with Gasteiger partial charge in [-0.05, 0) is 25.1 Å². The van der Waals surface area contributed by atoms with E-state index in [4.69, 9.17) is 10.3 Å². The molecule has 2 rings (SSSR count). The van der Waals surface area contributed by atoms with Crippen LogP contribution in [-0.2, 0) is 6.54 Å². The summed E-state index contributed by atoms with van der Waals surface area (Å²) >= 11 is 0. The lowest BCUT2D eigenvalue weighted by molar-refractivity contribution is 0.0953. The van der Waals surface area contributed by atoms with Crippen molar-refractivity contribution in [1.29, 1.82) is 0 Å². The molecule has 0 spiro atoms. The summed E-state index contributed by atoms with van der Waals surface area (Å²) in [5, 5.41) is 0. The van der Waals surface area contributed by atoms with E-state index >= 15 is 0 Å². The monoisotopic (exact) mass is 259 g/mol. The minimum absolute atomic E-state index is 0.354. The minimum atomic E-state index is -0.354. The first-order chi connectivity index (χ1) is 9.10. The van der Waals surface area contributed by atoms with Gasteiger partial charge in [0.2, 0.25) is 0 Å². The second kappa shape index (κ2) is 5.58. The van der Waals surface area contributed by atoms with Crippen molar-refractivity contribution in [2.24, 2.45) is 5.84 Å².